The van der Waals surface area contributed by atoms with Crippen LogP contribution in [0.15, 0.2) is 0 Å². The van der Waals surface area contributed by atoms with Gasteiger partial charge >= 0.3 is 36.0 Å². The second-order valence-corrected chi connectivity index (χ2v) is 14.3. The number of hydrogen-bond donors (Lipinski definition) is 0. The molecule has 2 fully saturated rings. The van der Waals surface area contributed by atoms with Crippen LogP contribution in [0.4, 0.5) is 0 Å². The molecule has 5 heteroatoms. The van der Waals surface area contributed by atoms with Crippen LogP contribution in [0.5, 0.6) is 0 Å². The molecule has 2 aliphatic rings. The fourth-order valence-corrected chi connectivity index (χ4v) is 9.26. The van der Waals surface area contributed by atoms with Crippen molar-refractivity contribution in [3.8, 4) is 0 Å². The monoisotopic (exact) mass is 557 g/mol. The van der Waals surface area contributed by atoms with E-state index in [-0.39, 0.29) is 64.2 Å². The first-order chi connectivity index (χ1) is 11.3. The van der Waals surface area contributed by atoms with E-state index in [9.17, 15) is 0 Å². The van der Waals surface area contributed by atoms with Gasteiger partial charge in [0.25, 0.3) is 0 Å². The Labute approximate surface area is 203 Å². The fourth-order valence-electron chi connectivity index (χ4n) is 3.46. The molecule has 2 saturated carbocycles. The topological polar surface area (TPSA) is 0 Å². The average Bonchev–Trinajstić information content (AvgIpc) is 3.11. The molecular formula is C22H36ClNiP2Ru+3. The summed E-state index contributed by atoms with van der Waals surface area (Å²) in [5, 5.41) is 0. The average molecular weight is 558 g/mol. The van der Waals surface area contributed by atoms with E-state index in [1.165, 1.54) is 0 Å². The van der Waals surface area contributed by atoms with Gasteiger partial charge in [0.2, 0.25) is 0 Å². The molecule has 0 amide bonds. The van der Waals surface area contributed by atoms with E-state index in [1.54, 1.807) is 11.3 Å². The molecule has 10 radical (unpaired) electrons. The summed E-state index contributed by atoms with van der Waals surface area (Å²) >= 11 is 0. The van der Waals surface area contributed by atoms with Gasteiger partial charge < -0.3 is 12.4 Å². The van der Waals surface area contributed by atoms with E-state index >= 15 is 0 Å². The first-order valence-corrected chi connectivity index (χ1v) is 12.2. The van der Waals surface area contributed by atoms with Gasteiger partial charge in [-0.3, -0.25) is 0 Å². The SMILES string of the molecule is CC(C)P([C]1[CH][CH][CH][CH]1)C(C)C.CC(C)P([C]1[CH][CH][CH][CH]1)C(C)C.[Cl-].[Ni+2].[Ru+2]. The van der Waals surface area contributed by atoms with Crippen molar-refractivity contribution in [3.05, 3.63) is 62.7 Å². The van der Waals surface area contributed by atoms with E-state index in [4.69, 9.17) is 0 Å². The normalized spacial score (nSPS) is 18.0. The summed E-state index contributed by atoms with van der Waals surface area (Å²) in [6.07, 6.45) is 17.7. The predicted octanol–water partition coefficient (Wildman–Crippen LogP) is 4.29. The Morgan fingerprint density at radius 2 is 0.704 bits per heavy atom. The molecule has 0 aromatic rings. The van der Waals surface area contributed by atoms with Gasteiger partial charge in [0.15, 0.2) is 0 Å². The number of halogens is 1. The van der Waals surface area contributed by atoms with Gasteiger partial charge in [-0.2, -0.15) is 0 Å². The van der Waals surface area contributed by atoms with Crippen LogP contribution in [-0.2, 0) is 36.0 Å². The Balaban J connectivity index is -0.000000384. The zero-order valence-corrected chi connectivity index (χ0v) is 23.1. The molecule has 0 heterocycles. The van der Waals surface area contributed by atoms with Crippen molar-refractivity contribution < 1.29 is 48.4 Å². The van der Waals surface area contributed by atoms with Gasteiger partial charge in [-0.05, 0) is 74.0 Å². The maximum Gasteiger partial charge on any atom is 2.00 e. The Morgan fingerprint density at radius 1 is 0.519 bits per heavy atom. The van der Waals surface area contributed by atoms with Crippen LogP contribution in [0.2, 0.25) is 0 Å². The van der Waals surface area contributed by atoms with Crippen molar-refractivity contribution in [2.24, 2.45) is 0 Å². The smallest absolute Gasteiger partial charge is 1.00 e. The molecule has 27 heavy (non-hydrogen) atoms. The second-order valence-electron chi connectivity index (χ2n) is 7.48. The molecule has 0 bridgehead atoms. The molecule has 0 aromatic carbocycles. The molecule has 2 rings (SSSR count). The minimum absolute atomic E-state index is 0. The third-order valence-corrected chi connectivity index (χ3v) is 10.4. The second kappa shape index (κ2) is 17.9. The molecule has 0 aliphatic heterocycles. The van der Waals surface area contributed by atoms with Crippen LogP contribution in [0.3, 0.4) is 0 Å². The van der Waals surface area contributed by atoms with Gasteiger partial charge in [0, 0.05) is 11.3 Å². The van der Waals surface area contributed by atoms with Crippen LogP contribution in [0.25, 0.3) is 0 Å². The summed E-state index contributed by atoms with van der Waals surface area (Å²) in [6.45, 7) is 18.7. The van der Waals surface area contributed by atoms with Crippen LogP contribution in [0, 0.1) is 62.7 Å². The molecule has 2 aliphatic carbocycles. The molecule has 0 atom stereocenters. The Bertz CT molecular complexity index is 280. The molecule has 0 saturated heterocycles. The predicted molar refractivity (Wildman–Crippen MR) is 115 cm³/mol. The van der Waals surface area contributed by atoms with E-state index in [0.717, 1.165) is 22.6 Å². The zero-order valence-electron chi connectivity index (χ0n) is 17.9. The maximum absolute atomic E-state index is 2.33. The summed E-state index contributed by atoms with van der Waals surface area (Å²) in [6, 6.07) is 0. The molecule has 156 valence electrons. The van der Waals surface area contributed by atoms with Crippen LogP contribution >= 0.6 is 15.8 Å². The zero-order chi connectivity index (χ0) is 18.3. The minimum Gasteiger partial charge on any atom is -1.00 e. The van der Waals surface area contributed by atoms with Crippen molar-refractivity contribution in [2.45, 2.75) is 78.0 Å². The van der Waals surface area contributed by atoms with E-state index < -0.39 is 0 Å². The quantitative estimate of drug-likeness (QED) is 0.338. The van der Waals surface area contributed by atoms with Gasteiger partial charge in [-0.15, -0.1) is 0 Å². The maximum atomic E-state index is 2.33. The van der Waals surface area contributed by atoms with E-state index in [1.807, 2.05) is 0 Å². The molecule has 0 aromatic heterocycles. The fraction of sp³-hybridized carbons (Fsp3) is 0.545. The van der Waals surface area contributed by atoms with Crippen LogP contribution < -0.4 is 12.4 Å². The van der Waals surface area contributed by atoms with E-state index in [2.05, 4.69) is 107 Å². The standard InChI is InChI=1S/2C11H18P.ClH.Ni.Ru/c2*1-9(2)12(10(3)4)11-7-5-6-8-11;;;/h2*5-10H,1-4H3;1H;;/q;;;2*+2/p-1. The molecular weight excluding hydrogens is 521 g/mol. The largest absolute Gasteiger partial charge is 2.00 e. The van der Waals surface area contributed by atoms with Crippen molar-refractivity contribution in [3.63, 3.8) is 0 Å². The number of hydrogen-bond acceptors (Lipinski definition) is 0. The number of rotatable bonds is 6. The minimum atomic E-state index is 0. The van der Waals surface area contributed by atoms with Crippen molar-refractivity contribution in [1.82, 2.24) is 0 Å². The molecule has 0 unspecified atom stereocenters. The third-order valence-electron chi connectivity index (χ3n) is 4.11. The summed E-state index contributed by atoms with van der Waals surface area (Å²) in [5.41, 5.74) is 6.36. The molecule has 0 spiro atoms. The van der Waals surface area contributed by atoms with Gasteiger partial charge in [-0.25, -0.2) is 0 Å². The Kier molecular flexibility index (Phi) is 22.5. The first kappa shape index (κ1) is 33.9. The summed E-state index contributed by atoms with van der Waals surface area (Å²) in [7, 11) is 0.127. The van der Waals surface area contributed by atoms with Gasteiger partial charge in [0.05, 0.1) is 0 Å². The first-order valence-electron chi connectivity index (χ1n) is 9.25. The summed E-state index contributed by atoms with van der Waals surface area (Å²) in [4.78, 5) is 0. The van der Waals surface area contributed by atoms with Crippen molar-refractivity contribution in [1.29, 1.82) is 0 Å². The summed E-state index contributed by atoms with van der Waals surface area (Å²) in [5.74, 6) is 0. The molecule has 0 N–H and O–H groups in total. The van der Waals surface area contributed by atoms with E-state index in [0.29, 0.717) is 0 Å². The third kappa shape index (κ3) is 12.0. The van der Waals surface area contributed by atoms with Crippen LogP contribution in [-0.4, -0.2) is 22.6 Å². The van der Waals surface area contributed by atoms with Crippen LogP contribution in [0.1, 0.15) is 55.4 Å². The Hall–Kier alpha value is 2.27. The van der Waals surface area contributed by atoms with Crippen molar-refractivity contribution >= 4 is 15.8 Å². The van der Waals surface area contributed by atoms with Crippen molar-refractivity contribution in [2.75, 3.05) is 0 Å². The van der Waals surface area contributed by atoms with Gasteiger partial charge in [-0.1, -0.05) is 71.2 Å². The molecule has 0 nitrogen and oxygen atoms in total. The summed E-state index contributed by atoms with van der Waals surface area (Å²) < 4.78 is 0. The Morgan fingerprint density at radius 3 is 0.852 bits per heavy atom. The van der Waals surface area contributed by atoms with Gasteiger partial charge in [0.1, 0.15) is 0 Å².